The van der Waals surface area contributed by atoms with Crippen molar-refractivity contribution in [1.29, 1.82) is 0 Å². The normalized spacial score (nSPS) is 29.8. The predicted octanol–water partition coefficient (Wildman–Crippen LogP) is 1.37. The molecule has 4 atom stereocenters. The molecule has 0 spiro atoms. The number of hydrogen-bond donors (Lipinski definition) is 2. The van der Waals surface area contributed by atoms with Gasteiger partial charge in [0.2, 0.25) is 11.8 Å². The first kappa shape index (κ1) is 17.4. The average Bonchev–Trinajstić information content (AvgIpc) is 3.13. The van der Waals surface area contributed by atoms with E-state index in [1.807, 2.05) is 30.3 Å². The van der Waals surface area contributed by atoms with E-state index in [2.05, 4.69) is 10.3 Å². The van der Waals surface area contributed by atoms with Gasteiger partial charge in [0.05, 0.1) is 30.1 Å². The quantitative estimate of drug-likeness (QED) is 0.794. The number of fused-ring (bicyclic) bond motifs is 1. The van der Waals surface area contributed by atoms with Crippen molar-refractivity contribution in [3.63, 3.8) is 0 Å². The van der Waals surface area contributed by atoms with Gasteiger partial charge in [-0.25, -0.2) is 0 Å². The standard InChI is InChI=1S/C20H19N3O4/c1-20(19(26)27)15-14(16(22-20)13-9-5-6-10-21-13)17(24)23(18(15)25)11-12-7-3-2-4-8-12/h2-10,14-16,22H,11H2,1H3,(H,26,27). The Morgan fingerprint density at radius 2 is 1.85 bits per heavy atom. The Hall–Kier alpha value is -3.06. The first-order chi connectivity index (χ1) is 12.9. The van der Waals surface area contributed by atoms with Gasteiger partial charge in [-0.2, -0.15) is 0 Å². The first-order valence-electron chi connectivity index (χ1n) is 8.74. The van der Waals surface area contributed by atoms with Crippen LogP contribution >= 0.6 is 0 Å². The first-order valence-corrected chi connectivity index (χ1v) is 8.74. The minimum absolute atomic E-state index is 0.135. The monoisotopic (exact) mass is 365 g/mol. The molecule has 2 fully saturated rings. The number of imide groups is 1. The number of nitrogens with zero attached hydrogens (tertiary/aromatic N) is 2. The number of carboxylic acid groups (broad SMARTS) is 1. The number of aliphatic carboxylic acids is 1. The van der Waals surface area contributed by atoms with Crippen LogP contribution < -0.4 is 5.32 Å². The van der Waals surface area contributed by atoms with Crippen molar-refractivity contribution in [2.24, 2.45) is 11.8 Å². The maximum atomic E-state index is 13.1. The van der Waals surface area contributed by atoms with Crippen molar-refractivity contribution in [3.8, 4) is 0 Å². The van der Waals surface area contributed by atoms with Gasteiger partial charge in [-0.1, -0.05) is 36.4 Å². The van der Waals surface area contributed by atoms with Crippen LogP contribution in [-0.4, -0.2) is 38.3 Å². The number of carboxylic acids is 1. The van der Waals surface area contributed by atoms with E-state index in [0.29, 0.717) is 5.69 Å². The van der Waals surface area contributed by atoms with Crippen LogP contribution in [0.5, 0.6) is 0 Å². The summed E-state index contributed by atoms with van der Waals surface area (Å²) in [5.41, 5.74) is -0.163. The molecule has 2 saturated heterocycles. The molecule has 27 heavy (non-hydrogen) atoms. The molecule has 2 aliphatic heterocycles. The summed E-state index contributed by atoms with van der Waals surface area (Å²) in [7, 11) is 0. The molecule has 2 N–H and O–H groups in total. The Morgan fingerprint density at radius 1 is 1.15 bits per heavy atom. The molecule has 7 heteroatoms. The highest BCUT2D eigenvalue weighted by atomic mass is 16.4. The van der Waals surface area contributed by atoms with Crippen LogP contribution in [0.15, 0.2) is 54.7 Å². The van der Waals surface area contributed by atoms with Crippen LogP contribution in [0.3, 0.4) is 0 Å². The van der Waals surface area contributed by atoms with Gasteiger partial charge in [0.25, 0.3) is 0 Å². The van der Waals surface area contributed by atoms with E-state index in [0.717, 1.165) is 5.56 Å². The lowest BCUT2D eigenvalue weighted by Gasteiger charge is -2.27. The molecule has 0 saturated carbocycles. The van der Waals surface area contributed by atoms with E-state index in [4.69, 9.17) is 0 Å². The SMILES string of the molecule is CC1(C(=O)O)NC(c2ccccn2)C2C(=O)N(Cc3ccccc3)C(=O)C21. The van der Waals surface area contributed by atoms with Crippen LogP contribution in [0, 0.1) is 11.8 Å². The lowest BCUT2D eigenvalue weighted by Crippen LogP contribution is -2.53. The Balaban J connectivity index is 1.74. The second-order valence-electron chi connectivity index (χ2n) is 7.14. The summed E-state index contributed by atoms with van der Waals surface area (Å²) >= 11 is 0. The Kier molecular flexibility index (Phi) is 4.04. The number of aromatic nitrogens is 1. The van der Waals surface area contributed by atoms with Gasteiger partial charge in [-0.15, -0.1) is 0 Å². The second-order valence-corrected chi connectivity index (χ2v) is 7.14. The van der Waals surface area contributed by atoms with Crippen LogP contribution in [0.1, 0.15) is 24.2 Å². The number of carbonyl (C=O) groups is 3. The molecule has 2 aliphatic rings. The molecule has 1 aromatic carbocycles. The maximum absolute atomic E-state index is 13.1. The number of carbonyl (C=O) groups excluding carboxylic acids is 2. The zero-order valence-electron chi connectivity index (χ0n) is 14.7. The number of rotatable bonds is 4. The highest BCUT2D eigenvalue weighted by molar-refractivity contribution is 6.09. The smallest absolute Gasteiger partial charge is 0.324 e. The van der Waals surface area contributed by atoms with Gasteiger partial charge >= 0.3 is 5.97 Å². The van der Waals surface area contributed by atoms with Gasteiger partial charge in [0, 0.05) is 6.20 Å². The van der Waals surface area contributed by atoms with Gasteiger partial charge in [0.15, 0.2) is 0 Å². The van der Waals surface area contributed by atoms with Crippen LogP contribution in [-0.2, 0) is 20.9 Å². The number of benzene rings is 1. The van der Waals surface area contributed by atoms with E-state index in [-0.39, 0.29) is 12.5 Å². The topological polar surface area (TPSA) is 99.6 Å². The maximum Gasteiger partial charge on any atom is 0.324 e. The minimum Gasteiger partial charge on any atom is -0.480 e. The van der Waals surface area contributed by atoms with Crippen molar-refractivity contribution in [2.75, 3.05) is 0 Å². The fourth-order valence-corrected chi connectivity index (χ4v) is 4.13. The fraction of sp³-hybridized carbons (Fsp3) is 0.300. The van der Waals surface area contributed by atoms with Gasteiger partial charge in [-0.05, 0) is 24.6 Å². The van der Waals surface area contributed by atoms with Crippen molar-refractivity contribution in [3.05, 3.63) is 66.0 Å². The molecule has 2 aromatic rings. The van der Waals surface area contributed by atoms with Crippen molar-refractivity contribution in [2.45, 2.75) is 25.0 Å². The molecule has 4 unspecified atom stereocenters. The highest BCUT2D eigenvalue weighted by Gasteiger charge is 2.66. The van der Waals surface area contributed by atoms with Crippen molar-refractivity contribution < 1.29 is 19.5 Å². The summed E-state index contributed by atoms with van der Waals surface area (Å²) in [4.78, 5) is 43.7. The van der Waals surface area contributed by atoms with Gasteiger partial charge in [-0.3, -0.25) is 29.6 Å². The molecule has 3 heterocycles. The molecule has 7 nitrogen and oxygen atoms in total. The summed E-state index contributed by atoms with van der Waals surface area (Å²) in [6.45, 7) is 1.60. The van der Waals surface area contributed by atoms with Crippen LogP contribution in [0.4, 0.5) is 0 Å². The van der Waals surface area contributed by atoms with Crippen molar-refractivity contribution in [1.82, 2.24) is 15.2 Å². The average molecular weight is 365 g/mol. The Labute approximate surface area is 156 Å². The fourth-order valence-electron chi connectivity index (χ4n) is 4.13. The molecule has 138 valence electrons. The predicted molar refractivity (Wildman–Crippen MR) is 95.1 cm³/mol. The Bertz CT molecular complexity index is 902. The summed E-state index contributed by atoms with van der Waals surface area (Å²) in [5.74, 6) is -3.74. The van der Waals surface area contributed by atoms with Crippen molar-refractivity contribution >= 4 is 17.8 Å². The van der Waals surface area contributed by atoms with Gasteiger partial charge in [0.1, 0.15) is 5.54 Å². The number of pyridine rings is 1. The Morgan fingerprint density at radius 3 is 2.48 bits per heavy atom. The van der Waals surface area contributed by atoms with E-state index >= 15 is 0 Å². The molecule has 0 radical (unpaired) electrons. The summed E-state index contributed by atoms with van der Waals surface area (Å²) in [6, 6.07) is 13.8. The summed E-state index contributed by atoms with van der Waals surface area (Å²) in [5, 5.41) is 12.8. The molecular formula is C20H19N3O4. The highest BCUT2D eigenvalue weighted by Crippen LogP contribution is 2.48. The van der Waals surface area contributed by atoms with Crippen LogP contribution in [0.2, 0.25) is 0 Å². The third-order valence-electron chi connectivity index (χ3n) is 5.51. The minimum atomic E-state index is -1.54. The van der Waals surface area contributed by atoms with Gasteiger partial charge < -0.3 is 5.11 Å². The second kappa shape index (κ2) is 6.28. The third-order valence-corrected chi connectivity index (χ3v) is 5.51. The van der Waals surface area contributed by atoms with Crippen LogP contribution in [0.25, 0.3) is 0 Å². The lowest BCUT2D eigenvalue weighted by molar-refractivity contribution is -0.150. The lowest BCUT2D eigenvalue weighted by atomic mass is 9.81. The molecule has 2 amide bonds. The number of nitrogens with one attached hydrogen (secondary N) is 1. The number of likely N-dealkylation sites (tertiary alicyclic amines) is 1. The third kappa shape index (κ3) is 2.62. The zero-order chi connectivity index (χ0) is 19.2. The molecule has 1 aromatic heterocycles. The number of amides is 2. The molecule has 0 aliphatic carbocycles. The zero-order valence-corrected chi connectivity index (χ0v) is 14.7. The summed E-state index contributed by atoms with van der Waals surface area (Å²) < 4.78 is 0. The van der Waals surface area contributed by atoms with E-state index in [9.17, 15) is 19.5 Å². The molecule has 0 bridgehead atoms. The van der Waals surface area contributed by atoms with E-state index in [1.54, 1.807) is 24.4 Å². The molecular weight excluding hydrogens is 346 g/mol. The van der Waals surface area contributed by atoms with E-state index in [1.165, 1.54) is 11.8 Å². The number of hydrogen-bond acceptors (Lipinski definition) is 5. The largest absolute Gasteiger partial charge is 0.480 e. The summed E-state index contributed by atoms with van der Waals surface area (Å²) in [6.07, 6.45) is 1.59. The molecule has 4 rings (SSSR count). The van der Waals surface area contributed by atoms with E-state index < -0.39 is 35.3 Å².